The number of hydrogen-bond acceptors (Lipinski definition) is 8. The average Bonchev–Trinajstić information content (AvgIpc) is 3.25. The fourth-order valence-corrected chi connectivity index (χ4v) is 5.61. The molecule has 0 unspecified atom stereocenters. The molecule has 1 aliphatic rings. The van der Waals surface area contributed by atoms with E-state index in [2.05, 4.69) is 25.3 Å². The van der Waals surface area contributed by atoms with E-state index in [4.69, 9.17) is 11.6 Å². The summed E-state index contributed by atoms with van der Waals surface area (Å²) in [5.41, 5.74) is -0.191. The van der Waals surface area contributed by atoms with E-state index < -0.39 is 21.6 Å². The molecule has 13 heteroatoms. The van der Waals surface area contributed by atoms with Crippen molar-refractivity contribution in [3.05, 3.63) is 35.0 Å². The van der Waals surface area contributed by atoms with Gasteiger partial charge in [-0.1, -0.05) is 0 Å². The number of imide groups is 1. The summed E-state index contributed by atoms with van der Waals surface area (Å²) in [6.45, 7) is 4.21. The van der Waals surface area contributed by atoms with Crippen LogP contribution in [0, 0.1) is 0 Å². The lowest BCUT2D eigenvalue weighted by Gasteiger charge is -2.27. The van der Waals surface area contributed by atoms with E-state index in [1.807, 2.05) is 0 Å². The molecule has 1 saturated heterocycles. The van der Waals surface area contributed by atoms with Gasteiger partial charge in [-0.2, -0.15) is 0 Å². The second kappa shape index (κ2) is 9.47. The van der Waals surface area contributed by atoms with Gasteiger partial charge in [0.1, 0.15) is 9.75 Å². The highest BCUT2D eigenvalue weighted by Crippen LogP contribution is 2.24. The molecule has 10 nitrogen and oxygen atoms in total. The number of halogens is 1. The van der Waals surface area contributed by atoms with Crippen molar-refractivity contribution in [3.8, 4) is 0 Å². The van der Waals surface area contributed by atoms with Gasteiger partial charge in [0.2, 0.25) is 16.0 Å². The van der Waals surface area contributed by atoms with Gasteiger partial charge in [-0.25, -0.2) is 27.9 Å². The molecule has 1 aliphatic heterocycles. The van der Waals surface area contributed by atoms with Gasteiger partial charge in [-0.15, -0.1) is 22.9 Å². The van der Waals surface area contributed by atoms with Gasteiger partial charge in [0, 0.05) is 43.0 Å². The number of rotatable bonds is 10. The van der Waals surface area contributed by atoms with Crippen molar-refractivity contribution in [1.29, 1.82) is 0 Å². The van der Waals surface area contributed by atoms with Crippen LogP contribution in [-0.4, -0.2) is 66.3 Å². The summed E-state index contributed by atoms with van der Waals surface area (Å²) < 4.78 is 27.0. The molecule has 3 rings (SSSR count). The zero-order valence-electron chi connectivity index (χ0n) is 17.0. The summed E-state index contributed by atoms with van der Waals surface area (Å²) in [5, 5.41) is 5.36. The lowest BCUT2D eigenvalue weighted by molar-refractivity contribution is -0.125. The van der Waals surface area contributed by atoms with Gasteiger partial charge in [-0.05, 0) is 32.0 Å². The number of alkyl halides is 1. The Kier molecular flexibility index (Phi) is 7.14. The van der Waals surface area contributed by atoms with E-state index in [1.54, 1.807) is 38.2 Å². The molecule has 0 bridgehead atoms. The summed E-state index contributed by atoms with van der Waals surface area (Å²) in [6, 6.07) is 4.64. The van der Waals surface area contributed by atoms with Crippen LogP contribution < -0.4 is 15.4 Å². The largest absolute Gasteiger partial charge is 0.352 e. The molecule has 0 spiro atoms. The number of sulfonamides is 1. The first-order chi connectivity index (χ1) is 14.6. The van der Waals surface area contributed by atoms with E-state index in [0.29, 0.717) is 31.2 Å². The number of thiophene rings is 1. The minimum absolute atomic E-state index is 0.169. The normalized spacial score (nSPS) is 15.9. The Morgan fingerprint density at radius 3 is 2.68 bits per heavy atom. The van der Waals surface area contributed by atoms with Crippen molar-refractivity contribution >= 4 is 50.8 Å². The van der Waals surface area contributed by atoms with Crippen molar-refractivity contribution in [3.63, 3.8) is 0 Å². The number of urea groups is 1. The lowest BCUT2D eigenvalue weighted by Crippen LogP contribution is -2.46. The van der Waals surface area contributed by atoms with Crippen LogP contribution in [0.15, 0.2) is 28.6 Å². The third-order valence-corrected chi connectivity index (χ3v) is 7.90. The van der Waals surface area contributed by atoms with Crippen LogP contribution in [0.3, 0.4) is 0 Å². The highest BCUT2D eigenvalue weighted by Gasteiger charge is 2.44. The first-order valence-corrected chi connectivity index (χ1v) is 12.3. The number of carbonyl (C=O) groups is 2. The topological polar surface area (TPSA) is 133 Å². The number of amides is 3. The van der Waals surface area contributed by atoms with Crippen LogP contribution in [-0.2, 0) is 21.2 Å². The Morgan fingerprint density at radius 2 is 2.00 bits per heavy atom. The predicted molar refractivity (Wildman–Crippen MR) is 118 cm³/mol. The standard InChI is InChI=1S/C18H23ClN6O4S2/c1-18(2)15(26)24-17(27)25(18)10-9-21-16-20-7-5-12(23-16)11-13-3-4-14(30-13)31(28,29)22-8-6-19/h3-5,7,22H,6,8-11H2,1-2H3,(H,20,21,23)(H,24,26,27). The van der Waals surface area contributed by atoms with Crippen LogP contribution in [0.4, 0.5) is 10.7 Å². The summed E-state index contributed by atoms with van der Waals surface area (Å²) in [5.74, 6) is 0.255. The number of aromatic nitrogens is 2. The zero-order valence-corrected chi connectivity index (χ0v) is 19.4. The Morgan fingerprint density at radius 1 is 1.23 bits per heavy atom. The number of nitrogens with one attached hydrogen (secondary N) is 3. The van der Waals surface area contributed by atoms with E-state index in [1.165, 1.54) is 16.2 Å². The Balaban J connectivity index is 1.59. The number of nitrogens with zero attached hydrogens (tertiary/aromatic N) is 3. The molecule has 0 radical (unpaired) electrons. The molecule has 168 valence electrons. The number of hydrogen-bond donors (Lipinski definition) is 3. The fraction of sp³-hybridized carbons (Fsp3) is 0.444. The van der Waals surface area contributed by atoms with Gasteiger partial charge in [0.15, 0.2) is 0 Å². The van der Waals surface area contributed by atoms with Crippen molar-refractivity contribution in [1.82, 2.24) is 24.9 Å². The first-order valence-electron chi connectivity index (χ1n) is 9.46. The van der Waals surface area contributed by atoms with Crippen LogP contribution in [0.1, 0.15) is 24.4 Å². The van der Waals surface area contributed by atoms with Crippen LogP contribution in [0.5, 0.6) is 0 Å². The molecule has 2 aromatic heterocycles. The van der Waals surface area contributed by atoms with E-state index in [0.717, 1.165) is 4.88 Å². The van der Waals surface area contributed by atoms with Crippen LogP contribution in [0.25, 0.3) is 0 Å². The quantitative estimate of drug-likeness (QED) is 0.341. The molecule has 0 aliphatic carbocycles. The maximum Gasteiger partial charge on any atom is 0.325 e. The lowest BCUT2D eigenvalue weighted by atomic mass is 10.0. The molecule has 3 heterocycles. The highest BCUT2D eigenvalue weighted by molar-refractivity contribution is 7.91. The van der Waals surface area contributed by atoms with Gasteiger partial charge < -0.3 is 10.2 Å². The van der Waals surface area contributed by atoms with E-state index >= 15 is 0 Å². The van der Waals surface area contributed by atoms with E-state index in [-0.39, 0.29) is 22.5 Å². The summed E-state index contributed by atoms with van der Waals surface area (Å²) in [6.07, 6.45) is 2.05. The SMILES string of the molecule is CC1(C)C(=O)NC(=O)N1CCNc1nccc(Cc2ccc(S(=O)(=O)NCCCl)s2)n1. The smallest absolute Gasteiger partial charge is 0.325 e. The molecule has 3 amide bonds. The third kappa shape index (κ3) is 5.50. The second-order valence-electron chi connectivity index (χ2n) is 7.25. The molecule has 2 aromatic rings. The second-order valence-corrected chi connectivity index (χ2v) is 10.8. The molecular formula is C18H23ClN6O4S2. The molecule has 1 fully saturated rings. The van der Waals surface area contributed by atoms with Crippen molar-refractivity contribution in [2.24, 2.45) is 0 Å². The minimum Gasteiger partial charge on any atom is -0.352 e. The van der Waals surface area contributed by atoms with E-state index in [9.17, 15) is 18.0 Å². The average molecular weight is 487 g/mol. The molecule has 3 N–H and O–H groups in total. The minimum atomic E-state index is -3.56. The Bertz CT molecular complexity index is 1070. The Labute approximate surface area is 189 Å². The molecule has 0 aromatic carbocycles. The summed E-state index contributed by atoms with van der Waals surface area (Å²) in [7, 11) is -3.56. The third-order valence-electron chi connectivity index (χ3n) is 4.67. The molecule has 0 atom stereocenters. The maximum atomic E-state index is 12.2. The van der Waals surface area contributed by atoms with Crippen molar-refractivity contribution in [2.75, 3.05) is 30.8 Å². The summed E-state index contributed by atoms with van der Waals surface area (Å²) in [4.78, 5) is 34.6. The van der Waals surface area contributed by atoms with Gasteiger partial charge in [0.05, 0.1) is 5.69 Å². The van der Waals surface area contributed by atoms with Crippen molar-refractivity contribution < 1.29 is 18.0 Å². The molecule has 31 heavy (non-hydrogen) atoms. The highest BCUT2D eigenvalue weighted by atomic mass is 35.5. The fourth-order valence-electron chi connectivity index (χ4n) is 2.95. The maximum absolute atomic E-state index is 12.2. The van der Waals surface area contributed by atoms with Gasteiger partial charge in [0.25, 0.3) is 5.91 Å². The molecular weight excluding hydrogens is 464 g/mol. The van der Waals surface area contributed by atoms with Crippen molar-refractivity contribution in [2.45, 2.75) is 30.0 Å². The first kappa shape index (κ1) is 23.4. The van der Waals surface area contributed by atoms with Gasteiger partial charge >= 0.3 is 6.03 Å². The van der Waals surface area contributed by atoms with Crippen LogP contribution in [0.2, 0.25) is 0 Å². The Hall–Kier alpha value is -2.28. The predicted octanol–water partition coefficient (Wildman–Crippen LogP) is 1.39. The zero-order chi connectivity index (χ0) is 22.6. The summed E-state index contributed by atoms with van der Waals surface area (Å²) >= 11 is 6.71. The monoisotopic (exact) mass is 486 g/mol. The molecule has 0 saturated carbocycles. The number of carbonyl (C=O) groups excluding carboxylic acids is 2. The van der Waals surface area contributed by atoms with Gasteiger partial charge in [-0.3, -0.25) is 10.1 Å². The van der Waals surface area contributed by atoms with Crippen LogP contribution >= 0.6 is 22.9 Å². The number of anilines is 1.